The highest BCUT2D eigenvalue weighted by molar-refractivity contribution is 5.83. The van der Waals surface area contributed by atoms with Crippen molar-refractivity contribution in [3.63, 3.8) is 0 Å². The Balaban J connectivity index is 1.89. The maximum Gasteiger partial charge on any atom is 0.251 e. The van der Waals surface area contributed by atoms with Gasteiger partial charge in [-0.3, -0.25) is 9.59 Å². The number of amides is 2. The average Bonchev–Trinajstić information content (AvgIpc) is 2.70. The number of nitrogens with one attached hydrogen (secondary N) is 2. The summed E-state index contributed by atoms with van der Waals surface area (Å²) in [5, 5.41) is 46.6. The van der Waals surface area contributed by atoms with Crippen molar-refractivity contribution in [1.82, 2.24) is 10.6 Å². The first-order chi connectivity index (χ1) is 16.3. The molecule has 8 atom stereocenters. The minimum Gasteiger partial charge on any atom is -0.387 e. The van der Waals surface area contributed by atoms with E-state index in [1.54, 1.807) is 0 Å². The van der Waals surface area contributed by atoms with E-state index in [4.69, 9.17) is 11.5 Å². The molecule has 36 heavy (non-hydrogen) atoms. The summed E-state index contributed by atoms with van der Waals surface area (Å²) in [6.45, 7) is 13.0. The number of rotatable bonds is 9. The maximum atomic E-state index is 12.5. The molecule has 0 radical (unpaired) electrons. The number of carbonyl (C=O) groups excluding carboxylic acids is 2. The van der Waals surface area contributed by atoms with Crippen molar-refractivity contribution in [1.29, 1.82) is 0 Å². The lowest BCUT2D eigenvalue weighted by Crippen LogP contribution is -2.56. The van der Waals surface area contributed by atoms with E-state index in [9.17, 15) is 30.0 Å². The molecule has 2 rings (SSSR count). The summed E-state index contributed by atoms with van der Waals surface area (Å²) >= 11 is 0. The number of hydrogen-bond donors (Lipinski definition) is 8. The Labute approximate surface area is 215 Å². The Hall–Kier alpha value is -1.30. The molecule has 0 saturated heterocycles. The quantitative estimate of drug-likeness (QED) is 0.206. The van der Waals surface area contributed by atoms with Gasteiger partial charge in [0.15, 0.2) is 12.2 Å². The zero-order valence-corrected chi connectivity index (χ0v) is 22.9. The van der Waals surface area contributed by atoms with Crippen LogP contribution in [0.4, 0.5) is 0 Å². The molecule has 0 aliphatic heterocycles. The fourth-order valence-corrected chi connectivity index (χ4v) is 7.19. The molecule has 10 nitrogen and oxygen atoms in total. The second-order valence-electron chi connectivity index (χ2n) is 13.9. The van der Waals surface area contributed by atoms with Crippen LogP contribution in [0.15, 0.2) is 0 Å². The van der Waals surface area contributed by atoms with Crippen LogP contribution in [0.2, 0.25) is 0 Å². The highest BCUT2D eigenvalue weighted by atomic mass is 16.4. The van der Waals surface area contributed by atoms with Gasteiger partial charge in [-0.2, -0.15) is 0 Å². The summed E-state index contributed by atoms with van der Waals surface area (Å²) in [7, 11) is 0. The predicted molar refractivity (Wildman–Crippen MR) is 137 cm³/mol. The van der Waals surface area contributed by atoms with Crippen molar-refractivity contribution in [2.24, 2.45) is 33.1 Å². The lowest BCUT2D eigenvalue weighted by atomic mass is 9.63. The minimum atomic E-state index is -2.05. The number of nitrogens with two attached hydrogens (primary N) is 2. The third kappa shape index (κ3) is 8.36. The zero-order valence-electron chi connectivity index (χ0n) is 22.9. The normalized spacial score (nSPS) is 35.2. The van der Waals surface area contributed by atoms with E-state index in [2.05, 4.69) is 38.3 Å². The Morgan fingerprint density at radius 3 is 1.28 bits per heavy atom. The predicted octanol–water partition coefficient (Wildman–Crippen LogP) is -0.250. The molecule has 4 unspecified atom stereocenters. The Morgan fingerprint density at radius 1 is 0.694 bits per heavy atom. The number of aliphatic hydroxyl groups excluding tert-OH is 4. The summed E-state index contributed by atoms with van der Waals surface area (Å²) in [6, 6.07) is -0.00125. The molecule has 2 amide bonds. The summed E-state index contributed by atoms with van der Waals surface area (Å²) in [5.74, 6) is -1.78. The smallest absolute Gasteiger partial charge is 0.251 e. The van der Waals surface area contributed by atoms with Gasteiger partial charge < -0.3 is 42.5 Å². The number of aliphatic hydroxyl groups is 4. The van der Waals surface area contributed by atoms with Gasteiger partial charge in [0.25, 0.3) is 11.8 Å². The summed E-state index contributed by atoms with van der Waals surface area (Å²) in [6.07, 6.45) is -3.32. The van der Waals surface area contributed by atoms with Crippen molar-refractivity contribution in [3.05, 3.63) is 0 Å². The monoisotopic (exact) mass is 514 g/mol. The van der Waals surface area contributed by atoms with Crippen LogP contribution in [0.25, 0.3) is 0 Å². The van der Waals surface area contributed by atoms with E-state index in [-0.39, 0.29) is 46.8 Å². The molecule has 0 aromatic rings. The van der Waals surface area contributed by atoms with Crippen LogP contribution in [0.5, 0.6) is 0 Å². The molecule has 0 bridgehead atoms. The van der Waals surface area contributed by atoms with Crippen LogP contribution >= 0.6 is 0 Å². The second-order valence-corrected chi connectivity index (χ2v) is 13.9. The average molecular weight is 515 g/mol. The van der Waals surface area contributed by atoms with Crippen molar-refractivity contribution in [2.45, 2.75) is 117 Å². The zero-order chi connectivity index (χ0) is 27.7. The maximum absolute atomic E-state index is 12.5. The van der Waals surface area contributed by atoms with E-state index >= 15 is 0 Å². The van der Waals surface area contributed by atoms with Crippen LogP contribution in [0.3, 0.4) is 0 Å². The van der Waals surface area contributed by atoms with E-state index < -0.39 is 36.2 Å². The first kappa shape index (κ1) is 30.9. The van der Waals surface area contributed by atoms with Gasteiger partial charge in [-0.05, 0) is 60.2 Å². The van der Waals surface area contributed by atoms with Gasteiger partial charge >= 0.3 is 0 Å². The van der Waals surface area contributed by atoms with E-state index in [1.165, 1.54) is 0 Å². The second kappa shape index (κ2) is 11.2. The molecular formula is C26H50N4O6. The number of carbonyl (C=O) groups is 2. The molecule has 2 fully saturated rings. The summed E-state index contributed by atoms with van der Waals surface area (Å²) in [5.41, 5.74) is 11.8. The molecule has 0 aromatic heterocycles. The first-order valence-corrected chi connectivity index (χ1v) is 13.1. The van der Waals surface area contributed by atoms with Gasteiger partial charge in [0.2, 0.25) is 0 Å². The van der Waals surface area contributed by atoms with E-state index in [0.29, 0.717) is 12.8 Å². The largest absolute Gasteiger partial charge is 0.387 e. The van der Waals surface area contributed by atoms with Crippen LogP contribution in [-0.2, 0) is 9.59 Å². The van der Waals surface area contributed by atoms with Gasteiger partial charge in [0.1, 0.15) is 12.2 Å². The molecule has 2 saturated carbocycles. The van der Waals surface area contributed by atoms with Gasteiger partial charge in [-0.25, -0.2) is 0 Å². The fourth-order valence-electron chi connectivity index (χ4n) is 7.19. The SMILES string of the molecule is CC1(C)CC(N)CC(C)(CNC(=O)[C@@H](O)[C@H](O)[C@H](O)[C@@H](O)C(=O)NCC2(C)CC(N)CC(C)(C)C2)C1. The van der Waals surface area contributed by atoms with Gasteiger partial charge in [-0.15, -0.1) is 0 Å². The van der Waals surface area contributed by atoms with Crippen LogP contribution in [-0.4, -0.2) is 81.8 Å². The Bertz CT molecular complexity index is 728. The van der Waals surface area contributed by atoms with Gasteiger partial charge in [0.05, 0.1) is 0 Å². The van der Waals surface area contributed by atoms with Crippen molar-refractivity contribution in [3.8, 4) is 0 Å². The van der Waals surface area contributed by atoms with Gasteiger partial charge in [-0.1, -0.05) is 41.5 Å². The van der Waals surface area contributed by atoms with Crippen molar-refractivity contribution < 1.29 is 30.0 Å². The van der Waals surface area contributed by atoms with Crippen LogP contribution < -0.4 is 22.1 Å². The van der Waals surface area contributed by atoms with Crippen molar-refractivity contribution in [2.75, 3.05) is 13.1 Å². The van der Waals surface area contributed by atoms with E-state index in [0.717, 1.165) is 25.7 Å². The lowest BCUT2D eigenvalue weighted by Gasteiger charge is -2.46. The summed E-state index contributed by atoms with van der Waals surface area (Å²) in [4.78, 5) is 25.0. The lowest BCUT2D eigenvalue weighted by molar-refractivity contribution is -0.156. The molecule has 10 N–H and O–H groups in total. The number of hydrogen-bond acceptors (Lipinski definition) is 8. The third-order valence-corrected chi connectivity index (χ3v) is 7.86. The topological polar surface area (TPSA) is 191 Å². The van der Waals surface area contributed by atoms with Crippen LogP contribution in [0, 0.1) is 21.7 Å². The minimum absolute atomic E-state index is 0.000624. The third-order valence-electron chi connectivity index (χ3n) is 7.86. The van der Waals surface area contributed by atoms with Crippen LogP contribution in [0.1, 0.15) is 80.1 Å². The first-order valence-electron chi connectivity index (χ1n) is 13.1. The highest BCUT2D eigenvalue weighted by Gasteiger charge is 2.43. The molecule has 0 aromatic carbocycles. The molecule has 2 aliphatic carbocycles. The molecule has 0 heterocycles. The molecule has 0 spiro atoms. The molecule has 2 aliphatic rings. The van der Waals surface area contributed by atoms with Gasteiger partial charge in [0, 0.05) is 25.2 Å². The molecule has 10 heteroatoms. The Morgan fingerprint density at radius 2 is 1.00 bits per heavy atom. The molecule has 210 valence electrons. The standard InChI is InChI=1S/C26H50N4O6/c1-23(2)7-15(27)9-25(5,11-23)13-29-21(35)19(33)17(31)18(32)20(34)22(36)30-14-26(6)10-16(28)8-24(3,4)12-26/h15-20,31-34H,7-14,27-28H2,1-6H3,(H,29,35)(H,30,36)/t15?,16?,17-,18+,19+,20-,25?,26?. The summed E-state index contributed by atoms with van der Waals surface area (Å²) < 4.78 is 0. The van der Waals surface area contributed by atoms with Crippen molar-refractivity contribution >= 4 is 11.8 Å². The fraction of sp³-hybridized carbons (Fsp3) is 0.923. The molecular weight excluding hydrogens is 464 g/mol. The highest BCUT2D eigenvalue weighted by Crippen LogP contribution is 2.46. The van der Waals surface area contributed by atoms with E-state index in [1.807, 2.05) is 13.8 Å². The Kier molecular flexibility index (Phi) is 9.63.